The lowest BCUT2D eigenvalue weighted by molar-refractivity contribution is 0.573. The number of rotatable bonds is 6. The average Bonchev–Trinajstić information content (AvgIpc) is 3.34. The van der Waals surface area contributed by atoms with Gasteiger partial charge in [0.15, 0.2) is 5.16 Å². The van der Waals surface area contributed by atoms with Gasteiger partial charge in [0.2, 0.25) is 5.89 Å². The van der Waals surface area contributed by atoms with Crippen LogP contribution in [0.15, 0.2) is 81.1 Å². The minimum atomic E-state index is 0.653. The Morgan fingerprint density at radius 3 is 2.56 bits per heavy atom. The molecule has 0 N–H and O–H groups in total. The highest BCUT2D eigenvalue weighted by molar-refractivity contribution is 9.10. The van der Waals surface area contributed by atoms with Gasteiger partial charge in [0.05, 0.1) is 17.6 Å². The van der Waals surface area contributed by atoms with Crippen molar-refractivity contribution in [2.24, 2.45) is 0 Å². The van der Waals surface area contributed by atoms with Crippen molar-refractivity contribution in [1.82, 2.24) is 14.5 Å². The van der Waals surface area contributed by atoms with Crippen LogP contribution in [0.1, 0.15) is 12.6 Å². The number of halogens is 1. The van der Waals surface area contributed by atoms with Gasteiger partial charge in [-0.2, -0.15) is 0 Å². The van der Waals surface area contributed by atoms with Gasteiger partial charge in [-0.25, -0.2) is 9.97 Å². The molecule has 27 heavy (non-hydrogen) atoms. The number of hydrogen-bond acceptors (Lipinski definition) is 4. The van der Waals surface area contributed by atoms with E-state index in [1.807, 2.05) is 36.5 Å². The highest BCUT2D eigenvalue weighted by Gasteiger charge is 2.13. The van der Waals surface area contributed by atoms with Crippen molar-refractivity contribution in [3.63, 3.8) is 0 Å². The van der Waals surface area contributed by atoms with Crippen LogP contribution in [-0.4, -0.2) is 14.5 Å². The summed E-state index contributed by atoms with van der Waals surface area (Å²) >= 11 is 5.16. The van der Waals surface area contributed by atoms with E-state index < -0.39 is 0 Å². The molecule has 2 aromatic carbocycles. The molecule has 0 spiro atoms. The molecule has 0 bridgehead atoms. The lowest BCUT2D eigenvalue weighted by Gasteiger charge is -2.09. The van der Waals surface area contributed by atoms with E-state index in [1.165, 1.54) is 0 Å². The van der Waals surface area contributed by atoms with Crippen LogP contribution in [-0.2, 0) is 12.3 Å². The molecule has 0 aliphatic heterocycles. The molecule has 0 unspecified atom stereocenters. The van der Waals surface area contributed by atoms with Crippen molar-refractivity contribution >= 4 is 27.7 Å². The van der Waals surface area contributed by atoms with Crippen LogP contribution in [0.25, 0.3) is 22.7 Å². The number of aromatic nitrogens is 3. The Bertz CT molecular complexity index is 1030. The second-order valence-corrected chi connectivity index (χ2v) is 7.83. The minimum Gasteiger partial charge on any atom is -0.444 e. The van der Waals surface area contributed by atoms with E-state index in [4.69, 9.17) is 4.42 Å². The maximum atomic E-state index is 5.63. The Hall–Kier alpha value is -2.31. The van der Waals surface area contributed by atoms with Gasteiger partial charge in [-0.1, -0.05) is 58.0 Å². The van der Waals surface area contributed by atoms with Gasteiger partial charge in [0, 0.05) is 22.3 Å². The number of hydrogen-bond donors (Lipinski definition) is 0. The van der Waals surface area contributed by atoms with Crippen molar-refractivity contribution in [3.8, 4) is 22.7 Å². The lowest BCUT2D eigenvalue weighted by atomic mass is 10.2. The minimum absolute atomic E-state index is 0.653. The summed E-state index contributed by atoms with van der Waals surface area (Å²) in [7, 11) is 0. The summed E-state index contributed by atoms with van der Waals surface area (Å²) in [6.07, 6.45) is 3.66. The summed E-state index contributed by atoms with van der Waals surface area (Å²) < 4.78 is 8.93. The summed E-state index contributed by atoms with van der Waals surface area (Å²) in [4.78, 5) is 9.22. The molecule has 0 aliphatic rings. The first-order valence-corrected chi connectivity index (χ1v) is 10.5. The van der Waals surface area contributed by atoms with Crippen molar-refractivity contribution < 1.29 is 4.42 Å². The standard InChI is InChI=1S/C21H18BrN3OS/c1-2-25-19(15-8-10-17(22)11-9-15)12-23-21(25)27-14-18-13-26-20(24-18)16-6-4-3-5-7-16/h3-13H,2,14H2,1H3. The molecule has 136 valence electrons. The van der Waals surface area contributed by atoms with E-state index in [0.717, 1.165) is 38.7 Å². The zero-order valence-corrected chi connectivity index (χ0v) is 17.2. The number of oxazole rings is 1. The number of benzene rings is 2. The quantitative estimate of drug-likeness (QED) is 0.331. The lowest BCUT2D eigenvalue weighted by Crippen LogP contribution is -1.99. The largest absolute Gasteiger partial charge is 0.444 e. The van der Waals surface area contributed by atoms with Gasteiger partial charge in [0.1, 0.15) is 6.26 Å². The van der Waals surface area contributed by atoms with Gasteiger partial charge >= 0.3 is 0 Å². The van der Waals surface area contributed by atoms with Gasteiger partial charge < -0.3 is 8.98 Å². The summed E-state index contributed by atoms with van der Waals surface area (Å²) in [6, 6.07) is 18.2. The van der Waals surface area contributed by atoms with Gasteiger partial charge in [-0.3, -0.25) is 0 Å². The molecule has 0 amide bonds. The predicted molar refractivity (Wildman–Crippen MR) is 113 cm³/mol. The molecule has 0 aliphatic carbocycles. The number of imidazole rings is 1. The highest BCUT2D eigenvalue weighted by atomic mass is 79.9. The zero-order valence-electron chi connectivity index (χ0n) is 14.8. The Morgan fingerprint density at radius 1 is 1.04 bits per heavy atom. The molecule has 4 rings (SSSR count). The fourth-order valence-electron chi connectivity index (χ4n) is 2.86. The van der Waals surface area contributed by atoms with Crippen LogP contribution in [0.2, 0.25) is 0 Å². The van der Waals surface area contributed by atoms with Crippen LogP contribution < -0.4 is 0 Å². The monoisotopic (exact) mass is 439 g/mol. The van der Waals surface area contributed by atoms with E-state index in [9.17, 15) is 0 Å². The van der Waals surface area contributed by atoms with Gasteiger partial charge in [-0.05, 0) is 36.8 Å². The first-order valence-electron chi connectivity index (χ1n) is 8.68. The van der Waals surface area contributed by atoms with E-state index >= 15 is 0 Å². The Labute approximate surface area is 170 Å². The number of nitrogens with zero attached hydrogens (tertiary/aromatic N) is 3. The highest BCUT2D eigenvalue weighted by Crippen LogP contribution is 2.29. The molecule has 2 heterocycles. The smallest absolute Gasteiger partial charge is 0.226 e. The van der Waals surface area contributed by atoms with E-state index in [-0.39, 0.29) is 0 Å². The van der Waals surface area contributed by atoms with Gasteiger partial charge in [0.25, 0.3) is 0 Å². The van der Waals surface area contributed by atoms with Crippen LogP contribution in [0.3, 0.4) is 0 Å². The molecular weight excluding hydrogens is 422 g/mol. The maximum Gasteiger partial charge on any atom is 0.226 e. The Balaban J connectivity index is 1.50. The molecule has 6 heteroatoms. The molecule has 0 radical (unpaired) electrons. The Kier molecular flexibility index (Phi) is 5.45. The summed E-state index contributed by atoms with van der Waals surface area (Å²) in [5, 5.41) is 0.986. The van der Waals surface area contributed by atoms with Crippen LogP contribution in [0.5, 0.6) is 0 Å². The fourth-order valence-corrected chi connectivity index (χ4v) is 4.04. The van der Waals surface area contributed by atoms with Crippen molar-refractivity contribution in [2.75, 3.05) is 0 Å². The molecule has 0 saturated heterocycles. The summed E-state index contributed by atoms with van der Waals surface area (Å²) in [5.74, 6) is 1.37. The normalized spacial score (nSPS) is 11.0. The van der Waals surface area contributed by atoms with E-state index in [1.54, 1.807) is 18.0 Å². The SMILES string of the molecule is CCn1c(-c2ccc(Br)cc2)cnc1SCc1coc(-c2ccccc2)n1. The first kappa shape index (κ1) is 18.1. The molecule has 0 atom stereocenters. The van der Waals surface area contributed by atoms with Crippen molar-refractivity contribution in [1.29, 1.82) is 0 Å². The molecule has 4 aromatic rings. The zero-order chi connectivity index (χ0) is 18.6. The van der Waals surface area contributed by atoms with E-state index in [0.29, 0.717) is 11.6 Å². The number of thioether (sulfide) groups is 1. The fraction of sp³-hybridized carbons (Fsp3) is 0.143. The Morgan fingerprint density at radius 2 is 1.81 bits per heavy atom. The van der Waals surface area contributed by atoms with Crippen molar-refractivity contribution in [2.45, 2.75) is 24.4 Å². The third kappa shape index (κ3) is 4.01. The third-order valence-corrected chi connectivity index (χ3v) is 5.75. The predicted octanol–water partition coefficient (Wildman–Crippen LogP) is 6.28. The molecule has 0 fully saturated rings. The van der Waals surface area contributed by atoms with Crippen molar-refractivity contribution in [3.05, 3.63) is 77.2 Å². The second kappa shape index (κ2) is 8.15. The second-order valence-electron chi connectivity index (χ2n) is 5.98. The van der Waals surface area contributed by atoms with E-state index in [2.05, 4.69) is 61.7 Å². The van der Waals surface area contributed by atoms with Crippen LogP contribution in [0, 0.1) is 0 Å². The molecule has 0 saturated carbocycles. The maximum absolute atomic E-state index is 5.63. The van der Waals surface area contributed by atoms with Gasteiger partial charge in [-0.15, -0.1) is 0 Å². The third-order valence-electron chi connectivity index (χ3n) is 4.20. The summed E-state index contributed by atoms with van der Waals surface area (Å²) in [6.45, 7) is 3.00. The summed E-state index contributed by atoms with van der Waals surface area (Å²) in [5.41, 5.74) is 4.18. The molecular formula is C21H18BrN3OS. The topological polar surface area (TPSA) is 43.9 Å². The molecule has 2 aromatic heterocycles. The average molecular weight is 440 g/mol. The van der Waals surface area contributed by atoms with Crippen LogP contribution in [0.4, 0.5) is 0 Å². The van der Waals surface area contributed by atoms with Crippen LogP contribution >= 0.6 is 27.7 Å². The molecule has 4 nitrogen and oxygen atoms in total. The first-order chi connectivity index (χ1) is 13.2.